The number of aliphatic hydroxyl groups is 1. The first-order chi connectivity index (χ1) is 8.71. The summed E-state index contributed by atoms with van der Waals surface area (Å²) >= 11 is 0. The van der Waals surface area contributed by atoms with Crippen molar-refractivity contribution in [2.24, 2.45) is 0 Å². The molecule has 0 aromatic heterocycles. The third kappa shape index (κ3) is 5.22. The van der Waals surface area contributed by atoms with Crippen molar-refractivity contribution in [3.8, 4) is 0 Å². The molecule has 0 unspecified atom stereocenters. The molecule has 108 valence electrons. The maximum Gasteiger partial charge on any atom is 0.0558 e. The topological polar surface area (TPSA) is 30.0 Å². The Bertz CT molecular complexity index is 201. The van der Waals surface area contributed by atoms with Gasteiger partial charge in [0, 0.05) is 51.9 Å². The van der Waals surface area contributed by atoms with Gasteiger partial charge >= 0.3 is 0 Å². The van der Waals surface area contributed by atoms with Gasteiger partial charge in [-0.15, -0.1) is 0 Å². The summed E-state index contributed by atoms with van der Waals surface area (Å²) in [6.45, 7) is 12.6. The van der Waals surface area contributed by atoms with Crippen LogP contribution in [0.3, 0.4) is 0 Å². The van der Waals surface area contributed by atoms with Crippen LogP contribution in [0.1, 0.15) is 26.7 Å². The van der Waals surface area contributed by atoms with Crippen LogP contribution in [0.25, 0.3) is 0 Å². The van der Waals surface area contributed by atoms with Gasteiger partial charge in [0.1, 0.15) is 0 Å². The predicted octanol–water partition coefficient (Wildman–Crippen LogP) is 0.717. The fraction of sp³-hybridized carbons (Fsp3) is 1.00. The van der Waals surface area contributed by atoms with Gasteiger partial charge in [0.15, 0.2) is 0 Å². The molecule has 18 heavy (non-hydrogen) atoms. The van der Waals surface area contributed by atoms with Crippen LogP contribution in [0.15, 0.2) is 0 Å². The van der Waals surface area contributed by atoms with E-state index in [1.165, 1.54) is 39.0 Å². The highest BCUT2D eigenvalue weighted by atomic mass is 16.3. The lowest BCUT2D eigenvalue weighted by molar-refractivity contribution is 0.103. The van der Waals surface area contributed by atoms with E-state index in [-0.39, 0.29) is 6.61 Å². The van der Waals surface area contributed by atoms with E-state index in [1.54, 1.807) is 0 Å². The lowest BCUT2D eigenvalue weighted by atomic mass is 10.1. The zero-order chi connectivity index (χ0) is 13.4. The number of rotatable bonds is 8. The van der Waals surface area contributed by atoms with E-state index in [2.05, 4.69) is 35.6 Å². The zero-order valence-corrected chi connectivity index (χ0v) is 12.4. The van der Waals surface area contributed by atoms with E-state index in [0.29, 0.717) is 6.04 Å². The highest BCUT2D eigenvalue weighted by Crippen LogP contribution is 2.08. The van der Waals surface area contributed by atoms with Gasteiger partial charge in [-0.2, -0.15) is 0 Å². The average Bonchev–Trinajstić information content (AvgIpc) is 2.39. The first-order valence-corrected chi connectivity index (χ1v) is 7.47. The highest BCUT2D eigenvalue weighted by molar-refractivity contribution is 4.74. The highest BCUT2D eigenvalue weighted by Gasteiger charge is 2.18. The molecule has 1 fully saturated rings. The third-order valence-corrected chi connectivity index (χ3v) is 4.15. The van der Waals surface area contributed by atoms with Gasteiger partial charge in [-0.05, 0) is 19.9 Å². The fourth-order valence-corrected chi connectivity index (χ4v) is 2.75. The second-order valence-electron chi connectivity index (χ2n) is 5.37. The van der Waals surface area contributed by atoms with Crippen molar-refractivity contribution in [2.45, 2.75) is 32.7 Å². The summed E-state index contributed by atoms with van der Waals surface area (Å²) in [7, 11) is 2.19. The minimum Gasteiger partial charge on any atom is -0.395 e. The van der Waals surface area contributed by atoms with E-state index in [9.17, 15) is 5.11 Å². The van der Waals surface area contributed by atoms with E-state index in [4.69, 9.17) is 0 Å². The molecule has 0 atom stereocenters. The van der Waals surface area contributed by atoms with Gasteiger partial charge in [-0.25, -0.2) is 0 Å². The molecule has 0 aromatic carbocycles. The normalized spacial score (nSPS) is 19.0. The molecule has 0 radical (unpaired) electrons. The van der Waals surface area contributed by atoms with Gasteiger partial charge in [0.25, 0.3) is 0 Å². The molecule has 0 aromatic rings. The molecule has 1 rings (SSSR count). The Morgan fingerprint density at radius 2 is 1.67 bits per heavy atom. The second kappa shape index (κ2) is 8.86. The largest absolute Gasteiger partial charge is 0.395 e. The first kappa shape index (κ1) is 15.9. The van der Waals surface area contributed by atoms with E-state index >= 15 is 0 Å². The molecule has 4 nitrogen and oxygen atoms in total. The molecule has 1 aliphatic rings. The number of aliphatic hydroxyl groups excluding tert-OH is 1. The lowest BCUT2D eigenvalue weighted by Crippen LogP contribution is -2.48. The maximum atomic E-state index is 9.19. The monoisotopic (exact) mass is 257 g/mol. The number of nitrogens with zero attached hydrogens (tertiary/aromatic N) is 3. The molecule has 1 saturated heterocycles. The van der Waals surface area contributed by atoms with Crippen molar-refractivity contribution in [3.63, 3.8) is 0 Å². The quantitative estimate of drug-likeness (QED) is 0.694. The molecular weight excluding hydrogens is 226 g/mol. The van der Waals surface area contributed by atoms with Crippen molar-refractivity contribution >= 4 is 0 Å². The average molecular weight is 257 g/mol. The van der Waals surface area contributed by atoms with Gasteiger partial charge in [-0.3, -0.25) is 9.80 Å². The summed E-state index contributed by atoms with van der Waals surface area (Å²) in [5.74, 6) is 0. The lowest BCUT2D eigenvalue weighted by Gasteiger charge is -2.36. The first-order valence-electron chi connectivity index (χ1n) is 7.47. The minimum absolute atomic E-state index is 0.277. The van der Waals surface area contributed by atoms with Crippen molar-refractivity contribution in [2.75, 3.05) is 59.5 Å². The summed E-state index contributed by atoms with van der Waals surface area (Å²) in [5.41, 5.74) is 0. The van der Waals surface area contributed by atoms with Crippen molar-refractivity contribution < 1.29 is 5.11 Å². The number of piperazine rings is 1. The Morgan fingerprint density at radius 3 is 2.17 bits per heavy atom. The number of likely N-dealkylation sites (N-methyl/N-ethyl adjacent to an activating group) is 1. The van der Waals surface area contributed by atoms with Crippen LogP contribution in [0.2, 0.25) is 0 Å². The Kier molecular flexibility index (Phi) is 7.82. The van der Waals surface area contributed by atoms with E-state index in [0.717, 1.165) is 19.6 Å². The fourth-order valence-electron chi connectivity index (χ4n) is 2.75. The van der Waals surface area contributed by atoms with Crippen LogP contribution >= 0.6 is 0 Å². The summed E-state index contributed by atoms with van der Waals surface area (Å²) in [5, 5.41) is 9.19. The molecule has 0 saturated carbocycles. The Labute approximate surface area is 113 Å². The van der Waals surface area contributed by atoms with Gasteiger partial charge in [-0.1, -0.05) is 13.8 Å². The summed E-state index contributed by atoms with van der Waals surface area (Å²) < 4.78 is 0. The predicted molar refractivity (Wildman–Crippen MR) is 77.0 cm³/mol. The molecule has 1 heterocycles. The summed E-state index contributed by atoms with van der Waals surface area (Å²) in [6.07, 6.45) is 2.36. The van der Waals surface area contributed by atoms with Crippen LogP contribution in [0.4, 0.5) is 0 Å². The van der Waals surface area contributed by atoms with Gasteiger partial charge in [0.05, 0.1) is 6.61 Å². The van der Waals surface area contributed by atoms with Crippen molar-refractivity contribution in [3.05, 3.63) is 0 Å². The van der Waals surface area contributed by atoms with Crippen LogP contribution in [0, 0.1) is 0 Å². The van der Waals surface area contributed by atoms with Crippen molar-refractivity contribution in [1.82, 2.24) is 14.7 Å². The van der Waals surface area contributed by atoms with Crippen LogP contribution < -0.4 is 0 Å². The zero-order valence-electron chi connectivity index (χ0n) is 12.4. The SMILES string of the molecule is CCC(CC)N(CCO)CCN1CCN(C)CC1. The molecule has 0 spiro atoms. The summed E-state index contributed by atoms with van der Waals surface area (Å²) in [4.78, 5) is 7.40. The molecule has 1 aliphatic heterocycles. The molecular formula is C14H31N3O. The van der Waals surface area contributed by atoms with Crippen molar-refractivity contribution in [1.29, 1.82) is 0 Å². The van der Waals surface area contributed by atoms with E-state index < -0.39 is 0 Å². The third-order valence-electron chi connectivity index (χ3n) is 4.15. The van der Waals surface area contributed by atoms with Crippen LogP contribution in [-0.2, 0) is 0 Å². The molecule has 0 bridgehead atoms. The smallest absolute Gasteiger partial charge is 0.0558 e. The molecule has 4 heteroatoms. The standard InChI is InChI=1S/C14H31N3O/c1-4-14(5-2)17(12-13-18)11-10-16-8-6-15(3)7-9-16/h14,18H,4-13H2,1-3H3. The molecule has 0 aliphatic carbocycles. The number of hydrogen-bond donors (Lipinski definition) is 1. The summed E-state index contributed by atoms with van der Waals surface area (Å²) in [6, 6.07) is 0.629. The molecule has 0 amide bonds. The Hall–Kier alpha value is -0.160. The van der Waals surface area contributed by atoms with Gasteiger partial charge in [0.2, 0.25) is 0 Å². The Morgan fingerprint density at radius 1 is 1.06 bits per heavy atom. The number of hydrogen-bond acceptors (Lipinski definition) is 4. The Balaban J connectivity index is 2.32. The van der Waals surface area contributed by atoms with Gasteiger partial charge < -0.3 is 10.0 Å². The second-order valence-corrected chi connectivity index (χ2v) is 5.37. The van der Waals surface area contributed by atoms with E-state index in [1.807, 2.05) is 0 Å². The van der Waals surface area contributed by atoms with Crippen LogP contribution in [0.5, 0.6) is 0 Å². The molecule has 1 N–H and O–H groups in total. The maximum absolute atomic E-state index is 9.19. The minimum atomic E-state index is 0.277. The van der Waals surface area contributed by atoms with Crippen LogP contribution in [-0.4, -0.2) is 85.3 Å².